The monoisotopic (exact) mass is 540 g/mol. The van der Waals surface area contributed by atoms with Gasteiger partial charge in [0.2, 0.25) is 0 Å². The van der Waals surface area contributed by atoms with Gasteiger partial charge in [-0.2, -0.15) is 18.3 Å². The molecule has 39 heavy (non-hydrogen) atoms. The summed E-state index contributed by atoms with van der Waals surface area (Å²) in [5, 5.41) is 9.45. The number of aromatic nitrogens is 4. The Kier molecular flexibility index (Phi) is 7.35. The summed E-state index contributed by atoms with van der Waals surface area (Å²) in [6.45, 7) is 5.65. The molecule has 0 radical (unpaired) electrons. The van der Waals surface area contributed by atoms with E-state index < -0.39 is 17.8 Å². The van der Waals surface area contributed by atoms with Crippen LogP contribution >= 0.6 is 0 Å². The molecule has 1 saturated heterocycles. The first-order chi connectivity index (χ1) is 18.7. The number of fused-ring (bicyclic) bond motifs is 1. The minimum absolute atomic E-state index is 0.212. The van der Waals surface area contributed by atoms with Crippen molar-refractivity contribution in [3.8, 4) is 11.1 Å². The zero-order chi connectivity index (χ0) is 27.6. The number of nitrogens with one attached hydrogen (secondary N) is 2. The van der Waals surface area contributed by atoms with Crippen molar-refractivity contribution in [2.45, 2.75) is 26.1 Å². The molecule has 3 aromatic heterocycles. The normalized spacial score (nSPS) is 14.8. The maximum Gasteiger partial charge on any atom is 0.416 e. The number of urea groups is 1. The van der Waals surface area contributed by atoms with Gasteiger partial charge < -0.3 is 15.8 Å². The zero-order valence-electron chi connectivity index (χ0n) is 21.1. The van der Waals surface area contributed by atoms with E-state index in [9.17, 15) is 18.0 Å². The van der Waals surface area contributed by atoms with E-state index in [4.69, 9.17) is 10.5 Å². The third kappa shape index (κ3) is 5.94. The van der Waals surface area contributed by atoms with E-state index >= 15 is 0 Å². The molecule has 4 aromatic rings. The second-order valence-corrected chi connectivity index (χ2v) is 9.23. The van der Waals surface area contributed by atoms with Crippen LogP contribution in [0.2, 0.25) is 0 Å². The van der Waals surface area contributed by atoms with Gasteiger partial charge in [-0.05, 0) is 54.8 Å². The Balaban J connectivity index is 1.37. The van der Waals surface area contributed by atoms with Crippen LogP contribution < -0.4 is 16.4 Å². The fraction of sp³-hybridized carbons (Fsp3) is 0.308. The number of nitrogens with zero attached hydrogens (tertiary/aromatic N) is 5. The molecule has 4 heterocycles. The van der Waals surface area contributed by atoms with Crippen LogP contribution in [-0.4, -0.2) is 56.8 Å². The minimum atomic E-state index is -4.54. The molecular weight excluding hydrogens is 513 g/mol. The number of hydrogen-bond donors (Lipinski definition) is 3. The van der Waals surface area contributed by atoms with Crippen molar-refractivity contribution in [2.24, 2.45) is 0 Å². The number of halogens is 3. The van der Waals surface area contributed by atoms with E-state index in [1.807, 2.05) is 25.1 Å². The van der Waals surface area contributed by atoms with Gasteiger partial charge in [0, 0.05) is 43.7 Å². The number of anilines is 3. The predicted molar refractivity (Wildman–Crippen MR) is 140 cm³/mol. The molecule has 1 fully saturated rings. The van der Waals surface area contributed by atoms with Crippen LogP contribution in [0.4, 0.5) is 35.3 Å². The van der Waals surface area contributed by atoms with Crippen LogP contribution in [-0.2, 0) is 17.5 Å². The number of amides is 2. The first-order valence-electron chi connectivity index (χ1n) is 12.3. The van der Waals surface area contributed by atoms with Crippen molar-refractivity contribution in [1.29, 1.82) is 0 Å². The summed E-state index contributed by atoms with van der Waals surface area (Å²) in [4.78, 5) is 22.8. The summed E-state index contributed by atoms with van der Waals surface area (Å²) in [5.74, 6) is 0.133. The number of nitrogens with two attached hydrogens (primary N) is 1. The molecule has 2 amide bonds. The van der Waals surface area contributed by atoms with Crippen molar-refractivity contribution >= 4 is 28.9 Å². The molecule has 4 N–H and O–H groups in total. The van der Waals surface area contributed by atoms with Gasteiger partial charge in [-0.15, -0.1) is 0 Å². The van der Waals surface area contributed by atoms with E-state index in [0.717, 1.165) is 66.8 Å². The van der Waals surface area contributed by atoms with Crippen molar-refractivity contribution in [3.63, 3.8) is 0 Å². The van der Waals surface area contributed by atoms with Crippen LogP contribution in [0.1, 0.15) is 23.2 Å². The standard InChI is InChI=1S/C26H27F3N8O2/c1-16-11-17(3-4-21(16)34-25(38)35-22-12-18(5-6-31-22)26(27,28)29)20-13-19(14-36-7-2-9-39-10-8-36)37-23(20)24(30)32-15-33-37/h3-6,11-13,15H,2,7-10,14H2,1H3,(H2,30,32,33)(H2,31,34,35,38). The Labute approximate surface area is 222 Å². The van der Waals surface area contributed by atoms with Crippen LogP contribution in [0.5, 0.6) is 0 Å². The molecular formula is C26H27F3N8O2. The number of aryl methyl sites for hydroxylation is 1. The molecule has 0 unspecified atom stereocenters. The smallest absolute Gasteiger partial charge is 0.382 e. The third-order valence-electron chi connectivity index (χ3n) is 6.47. The number of rotatable bonds is 5. The SMILES string of the molecule is Cc1cc(-c2cc(CN3CCCOCC3)n3ncnc(N)c23)ccc1NC(=O)Nc1cc(C(F)(F)F)ccn1. The summed E-state index contributed by atoms with van der Waals surface area (Å²) in [6, 6.07) is 8.38. The van der Waals surface area contributed by atoms with E-state index in [2.05, 4.69) is 30.6 Å². The van der Waals surface area contributed by atoms with E-state index in [0.29, 0.717) is 30.2 Å². The van der Waals surface area contributed by atoms with Gasteiger partial charge in [0.1, 0.15) is 17.7 Å². The van der Waals surface area contributed by atoms with Gasteiger partial charge in [0.25, 0.3) is 0 Å². The molecule has 1 aliphatic heterocycles. The molecule has 1 aromatic carbocycles. The van der Waals surface area contributed by atoms with Crippen molar-refractivity contribution < 1.29 is 22.7 Å². The Morgan fingerprint density at radius 1 is 1.10 bits per heavy atom. The summed E-state index contributed by atoms with van der Waals surface area (Å²) >= 11 is 0. The Morgan fingerprint density at radius 3 is 2.74 bits per heavy atom. The molecule has 13 heteroatoms. The van der Waals surface area contributed by atoms with Gasteiger partial charge in [0.05, 0.1) is 17.9 Å². The molecule has 0 saturated carbocycles. The van der Waals surface area contributed by atoms with E-state index in [1.54, 1.807) is 10.6 Å². The summed E-state index contributed by atoms with van der Waals surface area (Å²) < 4.78 is 46.3. The number of alkyl halides is 3. The number of benzene rings is 1. The number of hydrogen-bond acceptors (Lipinski definition) is 7. The van der Waals surface area contributed by atoms with Gasteiger partial charge >= 0.3 is 12.2 Å². The summed E-state index contributed by atoms with van der Waals surface area (Å²) in [5.41, 5.74) is 9.93. The number of ether oxygens (including phenoxy) is 1. The topological polar surface area (TPSA) is 123 Å². The first kappa shape index (κ1) is 26.4. The minimum Gasteiger partial charge on any atom is -0.382 e. The fourth-order valence-electron chi connectivity index (χ4n) is 4.57. The lowest BCUT2D eigenvalue weighted by Crippen LogP contribution is -2.26. The first-order valence-corrected chi connectivity index (χ1v) is 12.3. The largest absolute Gasteiger partial charge is 0.416 e. The maximum atomic E-state index is 13.0. The summed E-state index contributed by atoms with van der Waals surface area (Å²) in [7, 11) is 0. The lowest BCUT2D eigenvalue weighted by molar-refractivity contribution is -0.137. The highest BCUT2D eigenvalue weighted by molar-refractivity contribution is 6.00. The summed E-state index contributed by atoms with van der Waals surface area (Å²) in [6.07, 6.45) is -1.16. The molecule has 5 rings (SSSR count). The van der Waals surface area contributed by atoms with Crippen molar-refractivity contribution in [3.05, 3.63) is 65.7 Å². The quantitative estimate of drug-likeness (QED) is 0.339. The average molecular weight is 541 g/mol. The van der Waals surface area contributed by atoms with E-state index in [-0.39, 0.29) is 5.82 Å². The Morgan fingerprint density at radius 2 is 1.95 bits per heavy atom. The Hall–Kier alpha value is -4.23. The molecule has 1 aliphatic rings. The second kappa shape index (κ2) is 10.9. The molecule has 0 spiro atoms. The number of nitrogen functional groups attached to an aromatic ring is 1. The highest BCUT2D eigenvalue weighted by Crippen LogP contribution is 2.33. The maximum absolute atomic E-state index is 13.0. The Bertz CT molecular complexity index is 1500. The second-order valence-electron chi connectivity index (χ2n) is 9.23. The number of carbonyl (C=O) groups is 1. The average Bonchev–Trinajstić information content (AvgIpc) is 3.06. The van der Waals surface area contributed by atoms with Crippen LogP contribution in [0, 0.1) is 6.92 Å². The molecule has 0 atom stereocenters. The lowest BCUT2D eigenvalue weighted by atomic mass is 10.0. The lowest BCUT2D eigenvalue weighted by Gasteiger charge is -2.18. The van der Waals surface area contributed by atoms with Crippen LogP contribution in [0.15, 0.2) is 48.9 Å². The van der Waals surface area contributed by atoms with Gasteiger partial charge in [-0.1, -0.05) is 6.07 Å². The third-order valence-corrected chi connectivity index (χ3v) is 6.47. The highest BCUT2D eigenvalue weighted by Gasteiger charge is 2.31. The number of carbonyl (C=O) groups excluding carboxylic acids is 1. The highest BCUT2D eigenvalue weighted by atomic mass is 19.4. The fourth-order valence-corrected chi connectivity index (χ4v) is 4.57. The zero-order valence-corrected chi connectivity index (χ0v) is 21.1. The number of pyridine rings is 1. The molecule has 204 valence electrons. The van der Waals surface area contributed by atoms with Gasteiger partial charge in [0.15, 0.2) is 5.82 Å². The van der Waals surface area contributed by atoms with Crippen LogP contribution in [0.3, 0.4) is 0 Å². The van der Waals surface area contributed by atoms with Crippen molar-refractivity contribution in [1.82, 2.24) is 24.5 Å². The molecule has 0 bridgehead atoms. The van der Waals surface area contributed by atoms with Gasteiger partial charge in [-0.25, -0.2) is 19.3 Å². The van der Waals surface area contributed by atoms with Crippen molar-refractivity contribution in [2.75, 3.05) is 42.7 Å². The predicted octanol–water partition coefficient (Wildman–Crippen LogP) is 4.57. The molecule has 0 aliphatic carbocycles. The van der Waals surface area contributed by atoms with E-state index in [1.165, 1.54) is 6.33 Å². The van der Waals surface area contributed by atoms with Gasteiger partial charge in [-0.3, -0.25) is 10.2 Å². The van der Waals surface area contributed by atoms with Crippen LogP contribution in [0.25, 0.3) is 16.6 Å². The molecule has 10 nitrogen and oxygen atoms in total.